The Balaban J connectivity index is 2.05. The molecule has 1 aliphatic carbocycles. The number of hydrogen-bond donors (Lipinski definition) is 0. The molecule has 0 saturated heterocycles. The van der Waals surface area contributed by atoms with Crippen LogP contribution in [0.2, 0.25) is 0 Å². The summed E-state index contributed by atoms with van der Waals surface area (Å²) in [5, 5.41) is 2.92. The van der Waals surface area contributed by atoms with E-state index in [1.807, 2.05) is 60.7 Å². The molecule has 2 aromatic rings. The van der Waals surface area contributed by atoms with Crippen LogP contribution in [0, 0.1) is 5.92 Å². The first-order chi connectivity index (χ1) is 11.2. The lowest BCUT2D eigenvalue weighted by Crippen LogP contribution is -2.17. The van der Waals surface area contributed by atoms with Crippen molar-refractivity contribution in [3.63, 3.8) is 0 Å². The Bertz CT molecular complexity index is 654. The van der Waals surface area contributed by atoms with Gasteiger partial charge in [-0.05, 0) is 31.0 Å². The molecule has 0 bridgehead atoms. The van der Waals surface area contributed by atoms with E-state index in [0.29, 0.717) is 5.92 Å². The van der Waals surface area contributed by atoms with Gasteiger partial charge in [-0.1, -0.05) is 86.0 Å². The fourth-order valence-corrected chi connectivity index (χ4v) is 6.30. The highest BCUT2D eigenvalue weighted by Gasteiger charge is 2.29. The van der Waals surface area contributed by atoms with Crippen LogP contribution in [-0.4, -0.2) is 0 Å². The molecule has 0 aliphatic heterocycles. The molecular weight excluding hydrogens is 299 g/mol. The summed E-state index contributed by atoms with van der Waals surface area (Å²) in [4.78, 5) is 0. The Morgan fingerprint density at radius 2 is 1.35 bits per heavy atom. The normalized spacial score (nSPS) is 17.2. The molecule has 2 aromatic carbocycles. The maximum absolute atomic E-state index is 14.1. The van der Waals surface area contributed by atoms with Crippen LogP contribution in [0.5, 0.6) is 0 Å². The third-order valence-electron chi connectivity index (χ3n) is 4.86. The fourth-order valence-electron chi connectivity index (χ4n) is 3.58. The van der Waals surface area contributed by atoms with Gasteiger partial charge in [0.05, 0.1) is 0 Å². The van der Waals surface area contributed by atoms with Crippen LogP contribution in [-0.2, 0) is 4.57 Å². The minimum Gasteiger partial charge on any atom is -0.309 e. The molecule has 120 valence electrons. The van der Waals surface area contributed by atoms with Crippen LogP contribution in [0.4, 0.5) is 0 Å². The van der Waals surface area contributed by atoms with E-state index in [9.17, 15) is 4.57 Å². The van der Waals surface area contributed by atoms with Gasteiger partial charge in [-0.2, -0.15) is 0 Å². The lowest BCUT2D eigenvalue weighted by molar-refractivity contribution is 0.418. The molecule has 0 atom stereocenters. The van der Waals surface area contributed by atoms with Crippen LogP contribution >= 0.6 is 7.14 Å². The Labute approximate surface area is 139 Å². The number of rotatable bonds is 4. The van der Waals surface area contributed by atoms with Crippen LogP contribution in [0.1, 0.15) is 39.0 Å². The average molecular weight is 324 g/mol. The van der Waals surface area contributed by atoms with Crippen molar-refractivity contribution >= 4 is 17.8 Å². The van der Waals surface area contributed by atoms with Crippen LogP contribution < -0.4 is 10.6 Å². The second-order valence-electron chi connectivity index (χ2n) is 6.49. The van der Waals surface area contributed by atoms with E-state index in [1.54, 1.807) is 0 Å². The third-order valence-corrected chi connectivity index (χ3v) is 8.06. The highest BCUT2D eigenvalue weighted by atomic mass is 31.2. The van der Waals surface area contributed by atoms with Gasteiger partial charge in [0.2, 0.25) is 0 Å². The fraction of sp³-hybridized carbons (Fsp3) is 0.333. The van der Waals surface area contributed by atoms with Crippen LogP contribution in [0.25, 0.3) is 0 Å². The minimum absolute atomic E-state index is 0.587. The maximum atomic E-state index is 14.1. The zero-order chi connectivity index (χ0) is 16.1. The van der Waals surface area contributed by atoms with E-state index in [0.717, 1.165) is 15.9 Å². The van der Waals surface area contributed by atoms with Crippen molar-refractivity contribution in [3.05, 3.63) is 72.1 Å². The van der Waals surface area contributed by atoms with Crippen LogP contribution in [0.15, 0.2) is 72.1 Å². The zero-order valence-electron chi connectivity index (χ0n) is 13.8. The first-order valence-corrected chi connectivity index (χ1v) is 10.3. The Morgan fingerprint density at radius 3 is 1.83 bits per heavy atom. The molecule has 0 spiro atoms. The van der Waals surface area contributed by atoms with Gasteiger partial charge in [-0.15, -0.1) is 0 Å². The second kappa shape index (κ2) is 7.32. The van der Waals surface area contributed by atoms with Gasteiger partial charge in [-0.25, -0.2) is 0 Å². The highest BCUT2D eigenvalue weighted by Crippen LogP contribution is 2.52. The SMILES string of the molecule is C/C(=C\C1CCCCC1)P(=O)(c1ccccc1)c1ccccc1. The molecule has 1 aliphatic rings. The second-order valence-corrected chi connectivity index (χ2v) is 9.44. The first kappa shape index (κ1) is 16.3. The lowest BCUT2D eigenvalue weighted by atomic mass is 9.89. The van der Waals surface area contributed by atoms with Crippen molar-refractivity contribution < 1.29 is 4.57 Å². The molecule has 0 amide bonds. The number of allylic oxidation sites excluding steroid dienone is 2. The van der Waals surface area contributed by atoms with Crippen molar-refractivity contribution in [2.24, 2.45) is 5.92 Å². The van der Waals surface area contributed by atoms with Gasteiger partial charge in [0.15, 0.2) is 7.14 Å². The summed E-state index contributed by atoms with van der Waals surface area (Å²) in [6, 6.07) is 19.9. The molecular formula is C21H25OP. The molecule has 1 saturated carbocycles. The van der Waals surface area contributed by atoms with Crippen LogP contribution in [0.3, 0.4) is 0 Å². The van der Waals surface area contributed by atoms with E-state index in [2.05, 4.69) is 13.0 Å². The van der Waals surface area contributed by atoms with Gasteiger partial charge >= 0.3 is 0 Å². The van der Waals surface area contributed by atoms with E-state index < -0.39 is 7.14 Å². The summed E-state index contributed by atoms with van der Waals surface area (Å²) in [6.07, 6.45) is 8.73. The van der Waals surface area contributed by atoms with Gasteiger partial charge < -0.3 is 4.57 Å². The Morgan fingerprint density at radius 1 is 0.870 bits per heavy atom. The quantitative estimate of drug-likeness (QED) is 0.680. The summed E-state index contributed by atoms with van der Waals surface area (Å²) >= 11 is 0. The van der Waals surface area contributed by atoms with Crippen molar-refractivity contribution in [2.75, 3.05) is 0 Å². The highest BCUT2D eigenvalue weighted by molar-refractivity contribution is 7.82. The number of benzene rings is 2. The molecule has 1 fully saturated rings. The summed E-state index contributed by atoms with van der Waals surface area (Å²) in [5.41, 5.74) is 0. The third kappa shape index (κ3) is 3.51. The standard InChI is InChI=1S/C21H25OP/c1-18(17-19-11-5-2-6-12-19)23(22,20-13-7-3-8-14-20)21-15-9-4-10-16-21/h3-4,7-10,13-17,19H,2,5-6,11-12H2,1H3/b18-17+. The van der Waals surface area contributed by atoms with Crippen molar-refractivity contribution in [1.82, 2.24) is 0 Å². The summed E-state index contributed by atoms with van der Waals surface area (Å²) in [7, 11) is -2.72. The maximum Gasteiger partial charge on any atom is 0.166 e. The minimum atomic E-state index is -2.72. The lowest BCUT2D eigenvalue weighted by Gasteiger charge is -2.24. The predicted molar refractivity (Wildman–Crippen MR) is 100 cm³/mol. The first-order valence-electron chi connectivity index (χ1n) is 8.61. The van der Waals surface area contributed by atoms with Gasteiger partial charge in [0, 0.05) is 10.6 Å². The molecule has 0 radical (unpaired) electrons. The largest absolute Gasteiger partial charge is 0.309 e. The van der Waals surface area contributed by atoms with E-state index in [4.69, 9.17) is 0 Å². The van der Waals surface area contributed by atoms with Gasteiger partial charge in [-0.3, -0.25) is 0 Å². The monoisotopic (exact) mass is 324 g/mol. The van der Waals surface area contributed by atoms with E-state index in [1.165, 1.54) is 32.1 Å². The molecule has 23 heavy (non-hydrogen) atoms. The van der Waals surface area contributed by atoms with Gasteiger partial charge in [0.1, 0.15) is 0 Å². The topological polar surface area (TPSA) is 17.1 Å². The average Bonchev–Trinajstić information content (AvgIpc) is 2.63. The Hall–Kier alpha value is -1.59. The zero-order valence-corrected chi connectivity index (χ0v) is 14.7. The molecule has 0 heterocycles. The summed E-state index contributed by atoms with van der Waals surface area (Å²) < 4.78 is 14.1. The van der Waals surface area contributed by atoms with Crippen molar-refractivity contribution in [3.8, 4) is 0 Å². The molecule has 1 nitrogen and oxygen atoms in total. The predicted octanol–water partition coefficient (Wildman–Crippen LogP) is 5.48. The van der Waals surface area contributed by atoms with E-state index >= 15 is 0 Å². The van der Waals surface area contributed by atoms with E-state index in [-0.39, 0.29) is 0 Å². The summed E-state index contributed by atoms with van der Waals surface area (Å²) in [6.45, 7) is 2.06. The smallest absolute Gasteiger partial charge is 0.166 e. The molecule has 2 heteroatoms. The summed E-state index contributed by atoms with van der Waals surface area (Å²) in [5.74, 6) is 0.587. The van der Waals surface area contributed by atoms with Crippen molar-refractivity contribution in [1.29, 1.82) is 0 Å². The Kier molecular flexibility index (Phi) is 5.18. The van der Waals surface area contributed by atoms with Crippen molar-refractivity contribution in [2.45, 2.75) is 39.0 Å². The van der Waals surface area contributed by atoms with Gasteiger partial charge in [0.25, 0.3) is 0 Å². The molecule has 0 N–H and O–H groups in total. The molecule has 3 rings (SSSR count). The molecule has 0 unspecified atom stereocenters. The molecule has 0 aromatic heterocycles. The number of hydrogen-bond acceptors (Lipinski definition) is 1.